The van der Waals surface area contributed by atoms with Crippen molar-refractivity contribution in [1.82, 2.24) is 15.5 Å². The molecule has 1 aliphatic rings. The Morgan fingerprint density at radius 2 is 1.96 bits per heavy atom. The van der Waals surface area contributed by atoms with Gasteiger partial charge in [-0.05, 0) is 24.5 Å². The summed E-state index contributed by atoms with van der Waals surface area (Å²) < 4.78 is 0. The van der Waals surface area contributed by atoms with Gasteiger partial charge in [0.1, 0.15) is 0 Å². The number of nitrogens with zero attached hydrogens (tertiary/aromatic N) is 1. The molecular weight excluding hydrogens is 314 g/mol. The van der Waals surface area contributed by atoms with Crippen LogP contribution in [0.3, 0.4) is 0 Å². The first-order chi connectivity index (χ1) is 11.0. The molecule has 1 aromatic rings. The average molecular weight is 338 g/mol. The minimum Gasteiger partial charge on any atom is -0.354 e. The molecule has 1 unspecified atom stereocenters. The maximum Gasteiger partial charge on any atom is 0.317 e. The number of benzene rings is 1. The van der Waals surface area contributed by atoms with Crippen molar-refractivity contribution in [2.45, 2.75) is 32.7 Å². The monoisotopic (exact) mass is 337 g/mol. The molecule has 23 heavy (non-hydrogen) atoms. The van der Waals surface area contributed by atoms with Gasteiger partial charge in [-0.25, -0.2) is 4.79 Å². The predicted molar refractivity (Wildman–Crippen MR) is 91.4 cm³/mol. The van der Waals surface area contributed by atoms with Crippen LogP contribution < -0.4 is 10.6 Å². The highest BCUT2D eigenvalue weighted by Crippen LogP contribution is 2.35. The molecule has 5 nitrogen and oxygen atoms in total. The molecule has 3 amide bonds. The van der Waals surface area contributed by atoms with Gasteiger partial charge in [-0.3, -0.25) is 4.79 Å². The van der Waals surface area contributed by atoms with Crippen molar-refractivity contribution in [3.8, 4) is 0 Å². The van der Waals surface area contributed by atoms with Crippen LogP contribution in [-0.4, -0.2) is 36.5 Å². The lowest BCUT2D eigenvalue weighted by atomic mass is 10.0. The predicted octanol–water partition coefficient (Wildman–Crippen LogP) is 2.96. The zero-order valence-corrected chi connectivity index (χ0v) is 14.4. The quantitative estimate of drug-likeness (QED) is 0.811. The summed E-state index contributed by atoms with van der Waals surface area (Å²) in [6.45, 7) is 5.26. The number of amides is 3. The van der Waals surface area contributed by atoms with Crippen LogP contribution in [-0.2, 0) is 4.79 Å². The standard InChI is InChI=1S/C17H24ClN3O2/c1-12(2)16(22)19-9-10-20-17(23)21-11-5-8-15(21)13-6-3-4-7-14(13)18/h3-4,6-7,12,15H,5,8-11H2,1-2H3,(H,19,22)(H,20,23). The van der Waals surface area contributed by atoms with Crippen LogP contribution in [0.5, 0.6) is 0 Å². The van der Waals surface area contributed by atoms with Crippen molar-refractivity contribution in [2.24, 2.45) is 5.92 Å². The number of likely N-dealkylation sites (tertiary alicyclic amines) is 1. The second-order valence-corrected chi connectivity index (χ2v) is 6.46. The normalized spacial score (nSPS) is 17.4. The largest absolute Gasteiger partial charge is 0.354 e. The first-order valence-corrected chi connectivity index (χ1v) is 8.45. The van der Waals surface area contributed by atoms with Gasteiger partial charge >= 0.3 is 6.03 Å². The second-order valence-electron chi connectivity index (χ2n) is 6.05. The maximum atomic E-state index is 12.4. The molecule has 2 rings (SSSR count). The molecule has 1 saturated heterocycles. The van der Waals surface area contributed by atoms with E-state index in [1.54, 1.807) is 0 Å². The van der Waals surface area contributed by atoms with Crippen molar-refractivity contribution in [1.29, 1.82) is 0 Å². The van der Waals surface area contributed by atoms with Gasteiger partial charge in [0.15, 0.2) is 0 Å². The third-order valence-corrected chi connectivity index (χ3v) is 4.35. The number of hydrogen-bond donors (Lipinski definition) is 2. The van der Waals surface area contributed by atoms with E-state index in [9.17, 15) is 9.59 Å². The smallest absolute Gasteiger partial charge is 0.317 e. The lowest BCUT2D eigenvalue weighted by Crippen LogP contribution is -2.43. The van der Waals surface area contributed by atoms with E-state index < -0.39 is 0 Å². The van der Waals surface area contributed by atoms with Gasteiger partial charge in [-0.1, -0.05) is 43.6 Å². The van der Waals surface area contributed by atoms with Crippen molar-refractivity contribution in [2.75, 3.05) is 19.6 Å². The molecule has 126 valence electrons. The number of hydrogen-bond acceptors (Lipinski definition) is 2. The van der Waals surface area contributed by atoms with E-state index >= 15 is 0 Å². The van der Waals surface area contributed by atoms with E-state index in [4.69, 9.17) is 11.6 Å². The van der Waals surface area contributed by atoms with E-state index in [0.717, 1.165) is 24.9 Å². The van der Waals surface area contributed by atoms with Crippen molar-refractivity contribution >= 4 is 23.5 Å². The van der Waals surface area contributed by atoms with Gasteiger partial charge < -0.3 is 15.5 Å². The number of carbonyl (C=O) groups is 2. The number of nitrogens with one attached hydrogen (secondary N) is 2. The number of urea groups is 1. The fourth-order valence-corrected chi connectivity index (χ4v) is 3.00. The van der Waals surface area contributed by atoms with Gasteiger partial charge in [-0.15, -0.1) is 0 Å². The SMILES string of the molecule is CC(C)C(=O)NCCNC(=O)N1CCCC1c1ccccc1Cl. The van der Waals surface area contributed by atoms with E-state index in [1.165, 1.54) is 0 Å². The molecule has 1 heterocycles. The molecule has 0 aliphatic carbocycles. The molecule has 1 atom stereocenters. The van der Waals surface area contributed by atoms with Crippen LogP contribution in [0, 0.1) is 5.92 Å². The summed E-state index contributed by atoms with van der Waals surface area (Å²) in [6, 6.07) is 7.58. The average Bonchev–Trinajstić information content (AvgIpc) is 3.00. The molecule has 1 aromatic carbocycles. The van der Waals surface area contributed by atoms with Gasteiger partial charge in [-0.2, -0.15) is 0 Å². The Bertz CT molecular complexity index is 563. The Kier molecular flexibility index (Phi) is 6.28. The Morgan fingerprint density at radius 1 is 1.26 bits per heavy atom. The van der Waals surface area contributed by atoms with Gasteiger partial charge in [0, 0.05) is 30.6 Å². The van der Waals surface area contributed by atoms with E-state index in [1.807, 2.05) is 43.0 Å². The van der Waals surface area contributed by atoms with Gasteiger partial charge in [0.05, 0.1) is 6.04 Å². The molecule has 1 fully saturated rings. The fourth-order valence-electron chi connectivity index (χ4n) is 2.74. The number of halogens is 1. The Labute approximate surface area is 142 Å². The van der Waals surface area contributed by atoms with Crippen molar-refractivity contribution in [3.05, 3.63) is 34.9 Å². The summed E-state index contributed by atoms with van der Waals surface area (Å²) in [5.74, 6) is -0.0525. The summed E-state index contributed by atoms with van der Waals surface area (Å²) in [4.78, 5) is 25.7. The summed E-state index contributed by atoms with van der Waals surface area (Å²) >= 11 is 6.26. The molecular formula is C17H24ClN3O2. The Morgan fingerprint density at radius 3 is 2.65 bits per heavy atom. The number of carbonyl (C=O) groups excluding carboxylic acids is 2. The Hall–Kier alpha value is -1.75. The highest BCUT2D eigenvalue weighted by molar-refractivity contribution is 6.31. The van der Waals surface area contributed by atoms with Gasteiger partial charge in [0.2, 0.25) is 5.91 Å². The highest BCUT2D eigenvalue weighted by atomic mass is 35.5. The minimum absolute atomic E-state index is 0.00522. The molecule has 1 aliphatic heterocycles. The van der Waals surface area contributed by atoms with Crippen LogP contribution in [0.25, 0.3) is 0 Å². The Balaban J connectivity index is 1.86. The minimum atomic E-state index is -0.105. The third-order valence-electron chi connectivity index (χ3n) is 4.00. The maximum absolute atomic E-state index is 12.4. The zero-order valence-electron chi connectivity index (χ0n) is 13.6. The van der Waals surface area contributed by atoms with E-state index in [-0.39, 0.29) is 23.9 Å². The summed E-state index contributed by atoms with van der Waals surface area (Å²) in [5.41, 5.74) is 0.995. The topological polar surface area (TPSA) is 61.4 Å². The highest BCUT2D eigenvalue weighted by Gasteiger charge is 2.30. The van der Waals surface area contributed by atoms with Crippen LogP contribution >= 0.6 is 11.6 Å². The lowest BCUT2D eigenvalue weighted by molar-refractivity contribution is -0.123. The van der Waals surface area contributed by atoms with Crippen molar-refractivity contribution < 1.29 is 9.59 Å². The van der Waals surface area contributed by atoms with Crippen molar-refractivity contribution in [3.63, 3.8) is 0 Å². The summed E-state index contributed by atoms with van der Waals surface area (Å²) in [7, 11) is 0. The number of rotatable bonds is 5. The van der Waals surface area contributed by atoms with Crippen LogP contribution in [0.4, 0.5) is 4.79 Å². The molecule has 0 saturated carbocycles. The van der Waals surface area contributed by atoms with Crippen LogP contribution in [0.1, 0.15) is 38.3 Å². The summed E-state index contributed by atoms with van der Waals surface area (Å²) in [6.07, 6.45) is 1.88. The van der Waals surface area contributed by atoms with Crippen LogP contribution in [0.2, 0.25) is 5.02 Å². The molecule has 2 N–H and O–H groups in total. The van der Waals surface area contributed by atoms with Gasteiger partial charge in [0.25, 0.3) is 0 Å². The third kappa shape index (κ3) is 4.61. The molecule has 0 spiro atoms. The molecule has 6 heteroatoms. The molecule has 0 radical (unpaired) electrons. The second kappa shape index (κ2) is 8.20. The first-order valence-electron chi connectivity index (χ1n) is 8.07. The van der Waals surface area contributed by atoms with E-state index in [2.05, 4.69) is 10.6 Å². The molecule has 0 aromatic heterocycles. The first kappa shape index (κ1) is 17.6. The molecule has 0 bridgehead atoms. The lowest BCUT2D eigenvalue weighted by Gasteiger charge is -2.26. The fraction of sp³-hybridized carbons (Fsp3) is 0.529. The van der Waals surface area contributed by atoms with E-state index in [0.29, 0.717) is 18.1 Å². The summed E-state index contributed by atoms with van der Waals surface area (Å²) in [5, 5.41) is 6.35. The van der Waals surface area contributed by atoms with Crippen LogP contribution in [0.15, 0.2) is 24.3 Å². The zero-order chi connectivity index (χ0) is 16.8.